The molecule has 0 saturated carbocycles. The Morgan fingerprint density at radius 2 is 1.76 bits per heavy atom. The number of fused-ring (bicyclic) bond motifs is 1. The normalized spacial score (nSPS) is 10.6. The molecule has 1 aromatic heterocycles. The van der Waals surface area contributed by atoms with Crippen LogP contribution < -0.4 is 10.7 Å². The SMILES string of the molecule is CCn1nc(C(=O)Nc2ccc(C(C)=O)cc2)c(=O)c2ccccc21. The van der Waals surface area contributed by atoms with Crippen molar-refractivity contribution in [2.45, 2.75) is 20.4 Å². The van der Waals surface area contributed by atoms with E-state index in [1.807, 2.05) is 13.0 Å². The van der Waals surface area contributed by atoms with Crippen molar-refractivity contribution in [3.8, 4) is 0 Å². The third-order valence-corrected chi connectivity index (χ3v) is 3.93. The topological polar surface area (TPSA) is 81.1 Å². The number of hydrogen-bond donors (Lipinski definition) is 1. The highest BCUT2D eigenvalue weighted by molar-refractivity contribution is 6.04. The van der Waals surface area contributed by atoms with E-state index in [9.17, 15) is 14.4 Å². The second-order valence-electron chi connectivity index (χ2n) is 5.60. The lowest BCUT2D eigenvalue weighted by Gasteiger charge is -2.10. The van der Waals surface area contributed by atoms with E-state index in [1.165, 1.54) is 6.92 Å². The first-order valence-corrected chi connectivity index (χ1v) is 7.93. The molecule has 1 amide bonds. The number of nitrogens with zero attached hydrogens (tertiary/aromatic N) is 2. The van der Waals surface area contributed by atoms with Gasteiger partial charge in [-0.15, -0.1) is 0 Å². The molecule has 1 heterocycles. The number of carbonyl (C=O) groups is 2. The first-order chi connectivity index (χ1) is 12.0. The van der Waals surface area contributed by atoms with E-state index in [2.05, 4.69) is 10.4 Å². The van der Waals surface area contributed by atoms with E-state index in [1.54, 1.807) is 47.1 Å². The van der Waals surface area contributed by atoms with Crippen molar-refractivity contribution in [2.75, 3.05) is 5.32 Å². The number of Topliss-reactive ketones (excluding diaryl/α,β-unsaturated/α-hetero) is 1. The molecule has 3 rings (SSSR count). The summed E-state index contributed by atoms with van der Waals surface area (Å²) in [4.78, 5) is 36.4. The van der Waals surface area contributed by atoms with Crippen molar-refractivity contribution in [1.82, 2.24) is 9.78 Å². The molecule has 0 aliphatic heterocycles. The summed E-state index contributed by atoms with van der Waals surface area (Å²) in [5.41, 5.74) is 1.18. The summed E-state index contributed by atoms with van der Waals surface area (Å²) in [6, 6.07) is 13.5. The maximum absolute atomic E-state index is 12.6. The van der Waals surface area contributed by atoms with Crippen molar-refractivity contribution >= 4 is 28.3 Å². The van der Waals surface area contributed by atoms with Gasteiger partial charge in [-0.05, 0) is 50.2 Å². The first-order valence-electron chi connectivity index (χ1n) is 7.93. The van der Waals surface area contributed by atoms with Crippen molar-refractivity contribution in [3.05, 3.63) is 70.0 Å². The van der Waals surface area contributed by atoms with Crippen LogP contribution in [0.5, 0.6) is 0 Å². The summed E-state index contributed by atoms with van der Waals surface area (Å²) in [7, 11) is 0. The molecule has 0 radical (unpaired) electrons. The van der Waals surface area contributed by atoms with Gasteiger partial charge in [-0.3, -0.25) is 19.1 Å². The minimum Gasteiger partial charge on any atom is -0.320 e. The molecule has 6 nitrogen and oxygen atoms in total. The minimum absolute atomic E-state index is 0.0556. The summed E-state index contributed by atoms with van der Waals surface area (Å²) in [6.07, 6.45) is 0. The average Bonchev–Trinajstić information content (AvgIpc) is 2.62. The summed E-state index contributed by atoms with van der Waals surface area (Å²) in [5, 5.41) is 7.31. The van der Waals surface area contributed by atoms with Gasteiger partial charge in [0, 0.05) is 23.2 Å². The lowest BCUT2D eigenvalue weighted by Crippen LogP contribution is -2.27. The Morgan fingerprint density at radius 1 is 1.08 bits per heavy atom. The van der Waals surface area contributed by atoms with Crippen LogP contribution in [0, 0.1) is 0 Å². The molecule has 25 heavy (non-hydrogen) atoms. The van der Waals surface area contributed by atoms with Gasteiger partial charge in [0.05, 0.1) is 5.52 Å². The maximum Gasteiger partial charge on any atom is 0.280 e. The number of aromatic nitrogens is 2. The van der Waals surface area contributed by atoms with Gasteiger partial charge in [-0.2, -0.15) is 5.10 Å². The number of amides is 1. The number of nitrogens with one attached hydrogen (secondary N) is 1. The lowest BCUT2D eigenvalue weighted by molar-refractivity contribution is 0.101. The number of ketones is 1. The molecular weight excluding hydrogens is 318 g/mol. The molecule has 0 aliphatic carbocycles. The van der Waals surface area contributed by atoms with Gasteiger partial charge in [-0.1, -0.05) is 12.1 Å². The highest BCUT2D eigenvalue weighted by atomic mass is 16.2. The largest absolute Gasteiger partial charge is 0.320 e. The number of hydrogen-bond acceptors (Lipinski definition) is 4. The minimum atomic E-state index is -0.575. The zero-order valence-electron chi connectivity index (χ0n) is 13.9. The predicted octanol–water partition coefficient (Wildman–Crippen LogP) is 2.87. The zero-order chi connectivity index (χ0) is 18.0. The molecule has 0 bridgehead atoms. The van der Waals surface area contributed by atoms with Crippen molar-refractivity contribution in [3.63, 3.8) is 0 Å². The molecule has 6 heteroatoms. The van der Waals surface area contributed by atoms with Crippen LogP contribution in [0.4, 0.5) is 5.69 Å². The van der Waals surface area contributed by atoms with E-state index in [0.29, 0.717) is 28.7 Å². The fraction of sp³-hybridized carbons (Fsp3) is 0.158. The standard InChI is InChI=1S/C19H17N3O3/c1-3-22-16-7-5-4-6-15(16)18(24)17(21-22)19(25)20-14-10-8-13(9-11-14)12(2)23/h4-11H,3H2,1-2H3,(H,20,25). The maximum atomic E-state index is 12.6. The quantitative estimate of drug-likeness (QED) is 0.743. The van der Waals surface area contributed by atoms with Gasteiger partial charge in [0.2, 0.25) is 5.43 Å². The van der Waals surface area contributed by atoms with Crippen LogP contribution >= 0.6 is 0 Å². The van der Waals surface area contributed by atoms with Gasteiger partial charge in [0.1, 0.15) is 0 Å². The summed E-state index contributed by atoms with van der Waals surface area (Å²) >= 11 is 0. The molecule has 0 aliphatic rings. The number of anilines is 1. The summed E-state index contributed by atoms with van der Waals surface area (Å²) in [6.45, 7) is 3.90. The van der Waals surface area contributed by atoms with Crippen LogP contribution in [0.3, 0.4) is 0 Å². The van der Waals surface area contributed by atoms with Crippen molar-refractivity contribution in [1.29, 1.82) is 0 Å². The highest BCUT2D eigenvalue weighted by Crippen LogP contribution is 2.13. The van der Waals surface area contributed by atoms with E-state index in [-0.39, 0.29) is 11.5 Å². The monoisotopic (exact) mass is 335 g/mol. The van der Waals surface area contributed by atoms with Crippen LogP contribution in [0.1, 0.15) is 34.7 Å². The Morgan fingerprint density at radius 3 is 2.40 bits per heavy atom. The molecule has 0 spiro atoms. The van der Waals surface area contributed by atoms with E-state index >= 15 is 0 Å². The molecule has 1 N–H and O–H groups in total. The Labute approximate surface area is 144 Å². The second kappa shape index (κ2) is 6.68. The van der Waals surface area contributed by atoms with Crippen molar-refractivity contribution < 1.29 is 9.59 Å². The third kappa shape index (κ3) is 3.19. The number of benzene rings is 2. The lowest BCUT2D eigenvalue weighted by atomic mass is 10.1. The molecule has 126 valence electrons. The van der Waals surface area contributed by atoms with Crippen LogP contribution in [0.15, 0.2) is 53.3 Å². The Kier molecular flexibility index (Phi) is 4.43. The third-order valence-electron chi connectivity index (χ3n) is 3.93. The predicted molar refractivity (Wildman–Crippen MR) is 96.1 cm³/mol. The molecular formula is C19H17N3O3. The van der Waals surface area contributed by atoms with Gasteiger partial charge >= 0.3 is 0 Å². The number of para-hydroxylation sites is 1. The van der Waals surface area contributed by atoms with E-state index < -0.39 is 11.3 Å². The van der Waals surface area contributed by atoms with E-state index in [0.717, 1.165) is 0 Å². The van der Waals surface area contributed by atoms with Gasteiger partial charge in [0.15, 0.2) is 11.5 Å². The van der Waals surface area contributed by atoms with E-state index in [4.69, 9.17) is 0 Å². The Bertz CT molecular complexity index is 1020. The Balaban J connectivity index is 1.98. The Hall–Kier alpha value is -3.28. The molecule has 0 fully saturated rings. The molecule has 0 atom stereocenters. The zero-order valence-corrected chi connectivity index (χ0v) is 13.9. The number of aryl methyl sites for hydroxylation is 1. The second-order valence-corrected chi connectivity index (χ2v) is 5.60. The summed E-state index contributed by atoms with van der Waals surface area (Å²) < 4.78 is 1.63. The fourth-order valence-corrected chi connectivity index (χ4v) is 2.61. The molecule has 2 aromatic carbocycles. The van der Waals surface area contributed by atoms with Crippen LogP contribution in [0.2, 0.25) is 0 Å². The summed E-state index contributed by atoms with van der Waals surface area (Å²) in [5.74, 6) is -0.631. The van der Waals surface area contributed by atoms with Gasteiger partial charge in [-0.25, -0.2) is 0 Å². The first kappa shape index (κ1) is 16.6. The molecule has 0 saturated heterocycles. The number of rotatable bonds is 4. The van der Waals surface area contributed by atoms with Crippen LogP contribution in [0.25, 0.3) is 10.9 Å². The van der Waals surface area contributed by atoms with Gasteiger partial charge < -0.3 is 5.32 Å². The fourth-order valence-electron chi connectivity index (χ4n) is 2.61. The van der Waals surface area contributed by atoms with Crippen LogP contribution in [-0.2, 0) is 6.54 Å². The van der Waals surface area contributed by atoms with Crippen LogP contribution in [-0.4, -0.2) is 21.5 Å². The molecule has 0 unspecified atom stereocenters. The average molecular weight is 335 g/mol. The number of carbonyl (C=O) groups excluding carboxylic acids is 2. The molecule has 3 aromatic rings. The highest BCUT2D eigenvalue weighted by Gasteiger charge is 2.17. The van der Waals surface area contributed by atoms with Crippen molar-refractivity contribution in [2.24, 2.45) is 0 Å². The smallest absolute Gasteiger partial charge is 0.280 e. The van der Waals surface area contributed by atoms with Gasteiger partial charge in [0.25, 0.3) is 5.91 Å².